The molecule has 1 N–H and O–H groups in total. The van der Waals surface area contributed by atoms with Crippen LogP contribution in [0.15, 0.2) is 34.8 Å². The van der Waals surface area contributed by atoms with Crippen LogP contribution in [0.4, 0.5) is 13.2 Å². The highest BCUT2D eigenvalue weighted by Gasteiger charge is 2.20. The van der Waals surface area contributed by atoms with E-state index in [0.29, 0.717) is 23.2 Å². The average molecular weight is 379 g/mol. The van der Waals surface area contributed by atoms with Crippen LogP contribution in [-0.2, 0) is 0 Å². The van der Waals surface area contributed by atoms with Crippen molar-refractivity contribution in [2.24, 2.45) is 0 Å². The summed E-state index contributed by atoms with van der Waals surface area (Å²) in [4.78, 5) is 0. The minimum absolute atomic E-state index is 0.0323. The van der Waals surface area contributed by atoms with Gasteiger partial charge in [0.05, 0.1) is 6.04 Å². The van der Waals surface area contributed by atoms with E-state index < -0.39 is 23.5 Å². The van der Waals surface area contributed by atoms with Gasteiger partial charge in [0.15, 0.2) is 11.6 Å². The van der Waals surface area contributed by atoms with E-state index in [9.17, 15) is 13.2 Å². The van der Waals surface area contributed by atoms with E-state index in [2.05, 4.69) is 21.2 Å². The molecule has 0 aliphatic rings. The lowest BCUT2D eigenvalue weighted by atomic mass is 9.98. The lowest BCUT2D eigenvalue weighted by molar-refractivity contribution is 0.481. The predicted octanol–water partition coefficient (Wildman–Crippen LogP) is 5.22. The Morgan fingerprint density at radius 3 is 2.33 bits per heavy atom. The number of nitrogens with one attached hydrogen (secondary N) is 1. The van der Waals surface area contributed by atoms with Gasteiger partial charge in [0.2, 0.25) is 0 Å². The van der Waals surface area contributed by atoms with E-state index in [0.717, 1.165) is 10.5 Å². The minimum Gasteiger partial charge on any atom is -0.306 e. The fraction of sp³-hybridized carbons (Fsp3) is 0.200. The summed E-state index contributed by atoms with van der Waals surface area (Å²) in [6.07, 6.45) is 0. The van der Waals surface area contributed by atoms with Crippen molar-refractivity contribution in [1.29, 1.82) is 0 Å². The van der Waals surface area contributed by atoms with Crippen molar-refractivity contribution in [3.05, 3.63) is 68.4 Å². The molecule has 0 aliphatic carbocycles. The Hall–Kier alpha value is -1.04. The summed E-state index contributed by atoms with van der Waals surface area (Å²) in [5.74, 6) is -3.11. The zero-order valence-corrected chi connectivity index (χ0v) is 13.4. The van der Waals surface area contributed by atoms with Crippen LogP contribution in [0, 0.1) is 17.5 Å². The fourth-order valence-corrected chi connectivity index (χ4v) is 3.00. The van der Waals surface area contributed by atoms with Gasteiger partial charge in [-0.15, -0.1) is 0 Å². The largest absolute Gasteiger partial charge is 0.306 e. The molecule has 2 rings (SSSR count). The second-order valence-corrected chi connectivity index (χ2v) is 5.83. The Kier molecular flexibility index (Phi) is 5.30. The van der Waals surface area contributed by atoms with Crippen LogP contribution >= 0.6 is 27.5 Å². The van der Waals surface area contributed by atoms with Crippen molar-refractivity contribution in [1.82, 2.24) is 5.32 Å². The van der Waals surface area contributed by atoms with Gasteiger partial charge in [-0.25, -0.2) is 13.2 Å². The lowest BCUT2D eigenvalue weighted by Gasteiger charge is -2.20. The third-order valence-electron chi connectivity index (χ3n) is 2.98. The van der Waals surface area contributed by atoms with Crippen molar-refractivity contribution in [2.75, 3.05) is 6.54 Å². The van der Waals surface area contributed by atoms with E-state index >= 15 is 0 Å². The zero-order chi connectivity index (χ0) is 15.6. The molecule has 21 heavy (non-hydrogen) atoms. The molecule has 2 aromatic rings. The highest BCUT2D eigenvalue weighted by molar-refractivity contribution is 9.10. The summed E-state index contributed by atoms with van der Waals surface area (Å²) < 4.78 is 41.2. The molecule has 1 unspecified atom stereocenters. The van der Waals surface area contributed by atoms with Crippen molar-refractivity contribution in [3.63, 3.8) is 0 Å². The average Bonchev–Trinajstić information content (AvgIpc) is 2.39. The van der Waals surface area contributed by atoms with E-state index in [1.54, 1.807) is 18.2 Å². The second kappa shape index (κ2) is 6.81. The Labute approximate surface area is 134 Å². The van der Waals surface area contributed by atoms with Gasteiger partial charge in [0, 0.05) is 21.1 Å². The first-order chi connectivity index (χ1) is 9.92. The van der Waals surface area contributed by atoms with E-state index in [4.69, 9.17) is 11.6 Å². The molecular formula is C15H12BrClF3N. The molecule has 0 bridgehead atoms. The standard InChI is InChI=1S/C15H12BrClF3N/c1-2-21-15(8-3-9(16)5-10(17)4-8)11-6-13(19)14(20)7-12(11)18/h3-7,15,21H,2H2,1H3. The van der Waals surface area contributed by atoms with Gasteiger partial charge in [0.25, 0.3) is 0 Å². The Bertz CT molecular complexity index is 643. The van der Waals surface area contributed by atoms with Gasteiger partial charge in [0.1, 0.15) is 5.82 Å². The van der Waals surface area contributed by atoms with Crippen molar-refractivity contribution in [2.45, 2.75) is 13.0 Å². The Balaban J connectivity index is 2.55. The smallest absolute Gasteiger partial charge is 0.161 e. The van der Waals surface area contributed by atoms with Crippen LogP contribution in [0.1, 0.15) is 24.1 Å². The molecule has 1 nitrogen and oxygen atoms in total. The molecule has 0 radical (unpaired) electrons. The summed E-state index contributed by atoms with van der Waals surface area (Å²) in [5.41, 5.74) is 0.686. The molecule has 0 aromatic heterocycles. The zero-order valence-electron chi connectivity index (χ0n) is 11.1. The summed E-state index contributed by atoms with van der Waals surface area (Å²) in [7, 11) is 0. The van der Waals surface area contributed by atoms with Gasteiger partial charge < -0.3 is 5.32 Å². The minimum atomic E-state index is -1.21. The molecule has 0 saturated heterocycles. The molecule has 0 spiro atoms. The number of benzene rings is 2. The van der Waals surface area contributed by atoms with E-state index in [1.165, 1.54) is 0 Å². The Morgan fingerprint density at radius 2 is 1.71 bits per heavy atom. The topological polar surface area (TPSA) is 12.0 Å². The molecule has 2 aromatic carbocycles. The van der Waals surface area contributed by atoms with Crippen LogP contribution in [0.3, 0.4) is 0 Å². The van der Waals surface area contributed by atoms with E-state index in [1.807, 2.05) is 6.92 Å². The van der Waals surface area contributed by atoms with E-state index in [-0.39, 0.29) is 5.56 Å². The highest BCUT2D eigenvalue weighted by atomic mass is 79.9. The quantitative estimate of drug-likeness (QED) is 0.719. The van der Waals surface area contributed by atoms with Crippen molar-refractivity contribution < 1.29 is 13.2 Å². The maximum Gasteiger partial charge on any atom is 0.161 e. The summed E-state index contributed by atoms with van der Waals surface area (Å²) >= 11 is 9.30. The van der Waals surface area contributed by atoms with Gasteiger partial charge in [-0.2, -0.15) is 0 Å². The van der Waals surface area contributed by atoms with Gasteiger partial charge in [-0.05, 0) is 36.4 Å². The number of rotatable bonds is 4. The van der Waals surface area contributed by atoms with Gasteiger partial charge in [-0.1, -0.05) is 34.5 Å². The highest BCUT2D eigenvalue weighted by Crippen LogP contribution is 2.30. The number of hydrogen-bond acceptors (Lipinski definition) is 1. The molecular weight excluding hydrogens is 367 g/mol. The van der Waals surface area contributed by atoms with Crippen LogP contribution in [0.2, 0.25) is 5.02 Å². The molecule has 1 atom stereocenters. The molecule has 112 valence electrons. The molecule has 0 aliphatic heterocycles. The SMILES string of the molecule is CCNC(c1cc(Cl)cc(Br)c1)c1cc(F)c(F)cc1F. The van der Waals surface area contributed by atoms with Crippen LogP contribution in [0.25, 0.3) is 0 Å². The Morgan fingerprint density at radius 1 is 1.05 bits per heavy atom. The number of hydrogen-bond donors (Lipinski definition) is 1. The third-order valence-corrected chi connectivity index (χ3v) is 3.65. The summed E-state index contributed by atoms with van der Waals surface area (Å²) in [6, 6.07) is 5.89. The maximum absolute atomic E-state index is 14.0. The lowest BCUT2D eigenvalue weighted by Crippen LogP contribution is -2.23. The number of halogens is 5. The summed E-state index contributed by atoms with van der Waals surface area (Å²) in [5, 5.41) is 3.51. The third kappa shape index (κ3) is 3.78. The van der Waals surface area contributed by atoms with Crippen LogP contribution in [-0.4, -0.2) is 6.54 Å². The van der Waals surface area contributed by atoms with Crippen LogP contribution < -0.4 is 5.32 Å². The predicted molar refractivity (Wildman–Crippen MR) is 81.0 cm³/mol. The van der Waals surface area contributed by atoms with Gasteiger partial charge in [-0.3, -0.25) is 0 Å². The molecule has 0 heterocycles. The van der Waals surface area contributed by atoms with Crippen molar-refractivity contribution in [3.8, 4) is 0 Å². The second-order valence-electron chi connectivity index (χ2n) is 4.48. The van der Waals surface area contributed by atoms with Crippen molar-refractivity contribution >= 4 is 27.5 Å². The monoisotopic (exact) mass is 377 g/mol. The van der Waals surface area contributed by atoms with Gasteiger partial charge >= 0.3 is 0 Å². The first-order valence-corrected chi connectivity index (χ1v) is 7.43. The maximum atomic E-state index is 14.0. The molecule has 0 saturated carbocycles. The normalized spacial score (nSPS) is 12.5. The summed E-state index contributed by atoms with van der Waals surface area (Å²) in [6.45, 7) is 2.36. The molecule has 6 heteroatoms. The fourth-order valence-electron chi connectivity index (χ4n) is 2.11. The first kappa shape index (κ1) is 16.3. The first-order valence-electron chi connectivity index (χ1n) is 6.26. The van der Waals surface area contributed by atoms with Crippen LogP contribution in [0.5, 0.6) is 0 Å². The molecule has 0 fully saturated rings. The molecule has 0 amide bonds.